The Morgan fingerprint density at radius 1 is 1.37 bits per heavy atom. The summed E-state index contributed by atoms with van der Waals surface area (Å²) in [5.74, 6) is 1.20. The first kappa shape index (κ1) is 19.1. The summed E-state index contributed by atoms with van der Waals surface area (Å²) in [6.45, 7) is 2.80. The average molecular weight is 406 g/mol. The van der Waals surface area contributed by atoms with E-state index in [1.807, 2.05) is 11.1 Å². The molecule has 9 heteroatoms. The summed E-state index contributed by atoms with van der Waals surface area (Å²) in [6.07, 6.45) is 5.09. The van der Waals surface area contributed by atoms with Crippen LogP contribution in [0.4, 0.5) is 11.5 Å². The van der Waals surface area contributed by atoms with Crippen LogP contribution in [0, 0.1) is 0 Å². The molecular weight excluding hydrogens is 389 g/mol. The van der Waals surface area contributed by atoms with Crippen LogP contribution in [-0.2, 0) is 9.53 Å². The normalized spacial score (nSPS) is 15.4. The van der Waals surface area contributed by atoms with Crippen LogP contribution < -0.4 is 10.4 Å². The summed E-state index contributed by atoms with van der Waals surface area (Å²) in [5, 5.41) is 2.94. The van der Waals surface area contributed by atoms with E-state index in [1.165, 1.54) is 12.2 Å². The number of carbonyl (C=O) groups is 1. The number of esters is 1. The third-order valence-corrected chi connectivity index (χ3v) is 4.35. The van der Waals surface area contributed by atoms with Gasteiger partial charge in [-0.05, 0) is 31.2 Å². The number of hydrazine groups is 1. The number of carbonyl (C=O) groups excluding carboxylic acids is 1. The second kappa shape index (κ2) is 8.83. The van der Waals surface area contributed by atoms with Crippen molar-refractivity contribution in [2.45, 2.75) is 13.3 Å². The van der Waals surface area contributed by atoms with Crippen LogP contribution in [0.15, 0.2) is 41.5 Å². The lowest BCUT2D eigenvalue weighted by Gasteiger charge is -2.18. The quantitative estimate of drug-likeness (QED) is 0.601. The standard InChI is InChI=1S/C18H17Cl2N5O2/c1-2-27-18(26)6-5-15-21-9-7-16(22-15)23-17-8-10-25(24-17)12-3-4-13(19)14(20)11-12/h3-7,9,11H,2,8,10H2,1H3,(H,21,22,23,24)/b6-5+. The van der Waals surface area contributed by atoms with Crippen LogP contribution >= 0.6 is 23.2 Å². The molecule has 1 fully saturated rings. The van der Waals surface area contributed by atoms with Crippen LogP contribution in [0.1, 0.15) is 19.2 Å². The Kier molecular flexibility index (Phi) is 6.26. The topological polar surface area (TPSA) is 79.7 Å². The molecule has 0 aliphatic carbocycles. The Morgan fingerprint density at radius 2 is 2.22 bits per heavy atom. The van der Waals surface area contributed by atoms with Gasteiger partial charge in [-0.15, -0.1) is 0 Å². The number of amidine groups is 1. The fourth-order valence-corrected chi connectivity index (χ4v) is 2.68. The molecular formula is C18H17Cl2N5O2. The number of anilines is 1. The third kappa shape index (κ3) is 5.18. The zero-order chi connectivity index (χ0) is 19.2. The lowest BCUT2D eigenvalue weighted by atomic mass is 10.3. The van der Waals surface area contributed by atoms with Gasteiger partial charge >= 0.3 is 5.97 Å². The van der Waals surface area contributed by atoms with E-state index < -0.39 is 5.97 Å². The lowest BCUT2D eigenvalue weighted by Crippen LogP contribution is -2.33. The van der Waals surface area contributed by atoms with Gasteiger partial charge in [0.1, 0.15) is 5.84 Å². The van der Waals surface area contributed by atoms with E-state index in [0.717, 1.165) is 24.5 Å². The SMILES string of the molecule is CCOC(=O)/C=C/c1nccc(N=C2CCN(c3ccc(Cl)c(Cl)c3)N2)n1. The van der Waals surface area contributed by atoms with Gasteiger partial charge in [-0.25, -0.2) is 19.8 Å². The average Bonchev–Trinajstić information content (AvgIpc) is 3.11. The Hall–Kier alpha value is -2.64. The Labute approximate surface area is 166 Å². The van der Waals surface area contributed by atoms with E-state index in [9.17, 15) is 4.79 Å². The number of nitrogens with zero attached hydrogens (tertiary/aromatic N) is 4. The van der Waals surface area contributed by atoms with Crippen molar-refractivity contribution in [1.82, 2.24) is 15.4 Å². The number of aliphatic imine (C=N–C) groups is 1. The van der Waals surface area contributed by atoms with Gasteiger partial charge in [0.05, 0.1) is 22.3 Å². The van der Waals surface area contributed by atoms with Gasteiger partial charge in [0, 0.05) is 31.3 Å². The monoisotopic (exact) mass is 405 g/mol. The predicted molar refractivity (Wildman–Crippen MR) is 106 cm³/mol. The van der Waals surface area contributed by atoms with Crippen molar-refractivity contribution in [3.8, 4) is 0 Å². The highest BCUT2D eigenvalue weighted by molar-refractivity contribution is 6.42. The van der Waals surface area contributed by atoms with Crippen LogP contribution in [0.25, 0.3) is 6.08 Å². The molecule has 2 aromatic rings. The van der Waals surface area contributed by atoms with Gasteiger partial charge < -0.3 is 4.74 Å². The van der Waals surface area contributed by atoms with Crippen molar-refractivity contribution in [2.24, 2.45) is 4.99 Å². The van der Waals surface area contributed by atoms with Crippen molar-refractivity contribution < 1.29 is 9.53 Å². The molecule has 2 heterocycles. The smallest absolute Gasteiger partial charge is 0.330 e. The van der Waals surface area contributed by atoms with E-state index in [4.69, 9.17) is 27.9 Å². The number of benzene rings is 1. The molecule has 1 aromatic carbocycles. The molecule has 7 nitrogen and oxygen atoms in total. The molecule has 140 valence electrons. The number of ether oxygens (including phenoxy) is 1. The van der Waals surface area contributed by atoms with E-state index in [-0.39, 0.29) is 0 Å². The molecule has 1 aliphatic rings. The van der Waals surface area contributed by atoms with Crippen LogP contribution in [0.2, 0.25) is 10.0 Å². The fraction of sp³-hybridized carbons (Fsp3) is 0.222. The second-order valence-electron chi connectivity index (χ2n) is 5.53. The highest BCUT2D eigenvalue weighted by Crippen LogP contribution is 2.27. The number of hydrogen-bond acceptors (Lipinski definition) is 6. The van der Waals surface area contributed by atoms with Crippen molar-refractivity contribution in [3.63, 3.8) is 0 Å². The van der Waals surface area contributed by atoms with Crippen LogP contribution in [-0.4, -0.2) is 34.9 Å². The maximum Gasteiger partial charge on any atom is 0.330 e. The first-order valence-electron chi connectivity index (χ1n) is 8.30. The molecule has 1 N–H and O–H groups in total. The molecule has 0 bridgehead atoms. The van der Waals surface area contributed by atoms with Gasteiger partial charge in [0.15, 0.2) is 11.6 Å². The van der Waals surface area contributed by atoms with E-state index in [1.54, 1.807) is 31.3 Å². The minimum Gasteiger partial charge on any atom is -0.463 e. The van der Waals surface area contributed by atoms with Crippen molar-refractivity contribution in [3.05, 3.63) is 52.4 Å². The number of halogens is 2. The van der Waals surface area contributed by atoms with Crippen LogP contribution in [0.5, 0.6) is 0 Å². The summed E-state index contributed by atoms with van der Waals surface area (Å²) in [4.78, 5) is 24.3. The number of aromatic nitrogens is 2. The maximum absolute atomic E-state index is 11.4. The summed E-state index contributed by atoms with van der Waals surface area (Å²) in [7, 11) is 0. The number of rotatable bonds is 5. The van der Waals surface area contributed by atoms with E-state index in [2.05, 4.69) is 20.4 Å². The summed E-state index contributed by atoms with van der Waals surface area (Å²) in [6, 6.07) is 7.12. The van der Waals surface area contributed by atoms with Crippen molar-refractivity contribution in [1.29, 1.82) is 0 Å². The Morgan fingerprint density at radius 3 is 3.00 bits per heavy atom. The highest BCUT2D eigenvalue weighted by Gasteiger charge is 2.18. The zero-order valence-electron chi connectivity index (χ0n) is 14.5. The third-order valence-electron chi connectivity index (χ3n) is 3.62. The first-order chi connectivity index (χ1) is 13.0. The van der Waals surface area contributed by atoms with Crippen molar-refractivity contribution >= 4 is 52.6 Å². The fourth-order valence-electron chi connectivity index (χ4n) is 2.39. The van der Waals surface area contributed by atoms with Gasteiger partial charge in [0.25, 0.3) is 0 Å². The molecule has 0 spiro atoms. The molecule has 1 aromatic heterocycles. The summed E-state index contributed by atoms with van der Waals surface area (Å²) >= 11 is 12.0. The minimum atomic E-state index is -0.437. The zero-order valence-corrected chi connectivity index (χ0v) is 16.0. The largest absolute Gasteiger partial charge is 0.463 e. The van der Waals surface area contributed by atoms with Gasteiger partial charge in [-0.2, -0.15) is 0 Å². The second-order valence-corrected chi connectivity index (χ2v) is 6.34. The van der Waals surface area contributed by atoms with E-state index >= 15 is 0 Å². The molecule has 0 saturated carbocycles. The van der Waals surface area contributed by atoms with Gasteiger partial charge in [0.2, 0.25) is 0 Å². The Bertz CT molecular complexity index is 901. The molecule has 1 saturated heterocycles. The molecule has 3 rings (SSSR count). The predicted octanol–water partition coefficient (Wildman–Crippen LogP) is 3.80. The molecule has 27 heavy (non-hydrogen) atoms. The lowest BCUT2D eigenvalue weighted by molar-refractivity contribution is -0.137. The van der Waals surface area contributed by atoms with Gasteiger partial charge in [-0.1, -0.05) is 23.2 Å². The van der Waals surface area contributed by atoms with Crippen molar-refractivity contribution in [2.75, 3.05) is 18.2 Å². The molecule has 0 unspecified atom stereocenters. The molecule has 0 atom stereocenters. The molecule has 0 amide bonds. The Balaban J connectivity index is 1.69. The molecule has 0 radical (unpaired) electrons. The number of nitrogens with one attached hydrogen (secondary N) is 1. The highest BCUT2D eigenvalue weighted by atomic mass is 35.5. The summed E-state index contributed by atoms with van der Waals surface area (Å²) in [5.41, 5.74) is 4.12. The first-order valence-corrected chi connectivity index (χ1v) is 9.05. The number of hydrogen-bond donors (Lipinski definition) is 1. The minimum absolute atomic E-state index is 0.318. The van der Waals surface area contributed by atoms with Crippen LogP contribution in [0.3, 0.4) is 0 Å². The maximum atomic E-state index is 11.4. The molecule has 1 aliphatic heterocycles. The van der Waals surface area contributed by atoms with E-state index in [0.29, 0.717) is 28.3 Å². The van der Waals surface area contributed by atoms with Gasteiger partial charge in [-0.3, -0.25) is 10.4 Å². The summed E-state index contributed by atoms with van der Waals surface area (Å²) < 4.78 is 4.83.